The van der Waals surface area contributed by atoms with Gasteiger partial charge in [-0.25, -0.2) is 0 Å². The Morgan fingerprint density at radius 1 is 1.29 bits per heavy atom. The number of aromatic amines is 1. The van der Waals surface area contributed by atoms with Crippen molar-refractivity contribution in [3.63, 3.8) is 0 Å². The van der Waals surface area contributed by atoms with E-state index < -0.39 is 0 Å². The van der Waals surface area contributed by atoms with Gasteiger partial charge in [-0.3, -0.25) is 9.59 Å². The number of fused-ring (bicyclic) bond motifs is 1. The van der Waals surface area contributed by atoms with Crippen molar-refractivity contribution in [2.24, 2.45) is 0 Å². The van der Waals surface area contributed by atoms with Crippen LogP contribution in [-0.2, 0) is 17.7 Å². The van der Waals surface area contributed by atoms with Crippen LogP contribution in [0.2, 0.25) is 10.0 Å². The molecule has 166 valence electrons. The Hall–Kier alpha value is -2.06. The van der Waals surface area contributed by atoms with Gasteiger partial charge >= 0.3 is 0 Å². The number of hydrogen-bond acceptors (Lipinski definition) is 5. The van der Waals surface area contributed by atoms with Crippen LogP contribution in [0.3, 0.4) is 0 Å². The zero-order chi connectivity index (χ0) is 22.3. The molecule has 4 rings (SSSR count). The molecule has 2 aliphatic rings. The molecule has 1 aromatic heterocycles. The largest absolute Gasteiger partial charge is 0.486 e. The summed E-state index contributed by atoms with van der Waals surface area (Å²) in [4.78, 5) is 30.1. The van der Waals surface area contributed by atoms with Gasteiger partial charge in [-0.15, -0.1) is 0 Å². The first kappa shape index (κ1) is 22.1. The average Bonchev–Trinajstić information content (AvgIpc) is 3.17. The minimum Gasteiger partial charge on any atom is -0.486 e. The van der Waals surface area contributed by atoms with Crippen molar-refractivity contribution in [2.45, 2.75) is 45.4 Å². The van der Waals surface area contributed by atoms with Gasteiger partial charge in [0.2, 0.25) is 0 Å². The van der Waals surface area contributed by atoms with Crippen LogP contribution in [0.25, 0.3) is 0 Å². The fourth-order valence-electron chi connectivity index (χ4n) is 4.18. The predicted octanol–water partition coefficient (Wildman–Crippen LogP) is 3.03. The van der Waals surface area contributed by atoms with Crippen LogP contribution < -0.4 is 10.3 Å². The Morgan fingerprint density at radius 2 is 2.06 bits per heavy atom. The normalized spacial score (nSPS) is 20.8. The Morgan fingerprint density at radius 3 is 2.74 bits per heavy atom. The van der Waals surface area contributed by atoms with Crippen LogP contribution in [0.5, 0.6) is 5.75 Å². The van der Waals surface area contributed by atoms with Crippen LogP contribution in [-0.4, -0.2) is 52.9 Å². The first-order valence-electron chi connectivity index (χ1n) is 10.2. The summed E-state index contributed by atoms with van der Waals surface area (Å²) >= 11 is 13.1. The second-order valence-electron chi connectivity index (χ2n) is 8.06. The highest BCUT2D eigenvalue weighted by molar-refractivity contribution is 6.38. The number of halogens is 2. The Labute approximate surface area is 189 Å². The monoisotopic (exact) mass is 466 g/mol. The van der Waals surface area contributed by atoms with Crippen LogP contribution in [0.15, 0.2) is 16.9 Å². The molecule has 2 atom stereocenters. The maximum Gasteiger partial charge on any atom is 0.256 e. The van der Waals surface area contributed by atoms with Gasteiger partial charge in [0.25, 0.3) is 11.5 Å². The first-order chi connectivity index (χ1) is 14.8. The summed E-state index contributed by atoms with van der Waals surface area (Å²) in [5.41, 5.74) is 2.96. The van der Waals surface area contributed by atoms with Gasteiger partial charge in [-0.05, 0) is 37.5 Å². The van der Waals surface area contributed by atoms with Crippen molar-refractivity contribution >= 4 is 29.1 Å². The second-order valence-corrected chi connectivity index (χ2v) is 8.84. The molecule has 0 spiro atoms. The van der Waals surface area contributed by atoms with E-state index in [1.807, 2.05) is 19.9 Å². The summed E-state index contributed by atoms with van der Waals surface area (Å²) < 4.78 is 11.4. The number of H-pyrrole nitrogens is 1. The summed E-state index contributed by atoms with van der Waals surface area (Å²) in [5, 5.41) is 9.87. The number of carbonyl (C=O) groups is 1. The van der Waals surface area contributed by atoms with Gasteiger partial charge in [0.15, 0.2) is 0 Å². The molecule has 0 unspecified atom stereocenters. The smallest absolute Gasteiger partial charge is 0.256 e. The lowest BCUT2D eigenvalue weighted by molar-refractivity contribution is 0.0534. The highest BCUT2D eigenvalue weighted by Gasteiger charge is 2.33. The summed E-state index contributed by atoms with van der Waals surface area (Å²) in [6.07, 6.45) is 0.496. The Kier molecular flexibility index (Phi) is 6.30. The zero-order valence-corrected chi connectivity index (χ0v) is 18.8. The number of carbonyl (C=O) groups excluding carboxylic acids is 1. The number of pyridine rings is 1. The van der Waals surface area contributed by atoms with Crippen molar-refractivity contribution in [3.05, 3.63) is 60.5 Å². The van der Waals surface area contributed by atoms with Crippen molar-refractivity contribution in [2.75, 3.05) is 19.8 Å². The molecule has 7 nitrogen and oxygen atoms in total. The molecular formula is C22H24Cl2N2O5. The standard InChI is InChI=1S/C22H24Cl2N2O5/c1-11-5-12(2)25-21(28)16(11)8-26-4-3-15-17(23)7-18(20(24)19(15)22(26)29)31-14-6-13(9-27)30-10-14/h5,7,13-14,27H,3-4,6,8-10H2,1-2H3,(H,25,28)/t13-,14+/m0/s1. The number of amides is 1. The number of nitrogens with zero attached hydrogens (tertiary/aromatic N) is 1. The lowest BCUT2D eigenvalue weighted by atomic mass is 9.97. The van der Waals surface area contributed by atoms with E-state index in [2.05, 4.69) is 4.98 Å². The van der Waals surface area contributed by atoms with Gasteiger partial charge in [0, 0.05) is 35.3 Å². The molecule has 2 aliphatic heterocycles. The van der Waals surface area contributed by atoms with Gasteiger partial charge in [0.1, 0.15) is 11.9 Å². The fraction of sp³-hybridized carbons (Fsp3) is 0.455. The Balaban J connectivity index is 1.62. The molecule has 1 fully saturated rings. The topological polar surface area (TPSA) is 91.9 Å². The number of aryl methyl sites for hydroxylation is 2. The molecule has 31 heavy (non-hydrogen) atoms. The van der Waals surface area contributed by atoms with E-state index in [0.29, 0.717) is 53.5 Å². The number of aliphatic hydroxyl groups is 1. The van der Waals surface area contributed by atoms with E-state index >= 15 is 0 Å². The predicted molar refractivity (Wildman–Crippen MR) is 117 cm³/mol. The summed E-state index contributed by atoms with van der Waals surface area (Å²) in [5.74, 6) is 0.0334. The van der Waals surface area contributed by atoms with E-state index in [-0.39, 0.29) is 41.8 Å². The molecule has 0 aliphatic carbocycles. The maximum absolute atomic E-state index is 13.3. The van der Waals surface area contributed by atoms with Crippen LogP contribution >= 0.6 is 23.2 Å². The van der Waals surface area contributed by atoms with Crippen LogP contribution in [0.4, 0.5) is 0 Å². The molecule has 2 aromatic rings. The van der Waals surface area contributed by atoms with E-state index in [1.165, 1.54) is 0 Å². The zero-order valence-electron chi connectivity index (χ0n) is 17.3. The van der Waals surface area contributed by atoms with E-state index in [9.17, 15) is 14.7 Å². The molecule has 1 aromatic carbocycles. The third-order valence-corrected chi connectivity index (χ3v) is 6.51. The Bertz CT molecular complexity index is 1080. The molecule has 3 heterocycles. The molecule has 9 heteroatoms. The quantitative estimate of drug-likeness (QED) is 0.706. The molecule has 0 radical (unpaired) electrons. The van der Waals surface area contributed by atoms with E-state index in [0.717, 1.165) is 11.3 Å². The molecule has 0 bridgehead atoms. The SMILES string of the molecule is Cc1cc(C)c(CN2CCc3c(Cl)cc(O[C@H]4CO[C@H](CO)C4)c(Cl)c3C2=O)c(=O)[nH]1. The highest BCUT2D eigenvalue weighted by atomic mass is 35.5. The van der Waals surface area contributed by atoms with Crippen molar-refractivity contribution in [1.29, 1.82) is 0 Å². The number of nitrogens with one attached hydrogen (secondary N) is 1. The average molecular weight is 467 g/mol. The minimum atomic E-state index is -0.285. The van der Waals surface area contributed by atoms with Crippen molar-refractivity contribution in [3.8, 4) is 5.75 Å². The van der Waals surface area contributed by atoms with Crippen molar-refractivity contribution in [1.82, 2.24) is 9.88 Å². The number of ether oxygens (including phenoxy) is 2. The van der Waals surface area contributed by atoms with E-state index in [4.69, 9.17) is 32.7 Å². The summed E-state index contributed by atoms with van der Waals surface area (Å²) in [7, 11) is 0. The minimum absolute atomic E-state index is 0.0798. The number of rotatable bonds is 5. The lowest BCUT2D eigenvalue weighted by Gasteiger charge is -2.31. The molecule has 2 N–H and O–H groups in total. The second kappa shape index (κ2) is 8.82. The van der Waals surface area contributed by atoms with Gasteiger partial charge in [-0.2, -0.15) is 0 Å². The third-order valence-electron chi connectivity index (χ3n) is 5.80. The third kappa shape index (κ3) is 4.32. The van der Waals surface area contributed by atoms with Gasteiger partial charge < -0.3 is 24.5 Å². The molecule has 1 saturated heterocycles. The maximum atomic E-state index is 13.3. The number of aromatic nitrogens is 1. The summed E-state index contributed by atoms with van der Waals surface area (Å²) in [6.45, 7) is 4.55. The molecular weight excluding hydrogens is 443 g/mol. The van der Waals surface area contributed by atoms with Crippen LogP contribution in [0.1, 0.15) is 39.2 Å². The van der Waals surface area contributed by atoms with E-state index in [1.54, 1.807) is 11.0 Å². The summed E-state index contributed by atoms with van der Waals surface area (Å²) in [6, 6.07) is 3.52. The van der Waals surface area contributed by atoms with Crippen molar-refractivity contribution < 1.29 is 19.4 Å². The van der Waals surface area contributed by atoms with Gasteiger partial charge in [-0.1, -0.05) is 23.2 Å². The van der Waals surface area contributed by atoms with Crippen LogP contribution in [0, 0.1) is 13.8 Å². The number of hydrogen-bond donors (Lipinski definition) is 2. The number of benzene rings is 1. The molecule has 0 saturated carbocycles. The lowest BCUT2D eigenvalue weighted by Crippen LogP contribution is -2.39. The fourth-order valence-corrected chi connectivity index (χ4v) is 4.76. The number of aliphatic hydroxyl groups excluding tert-OH is 1. The molecule has 1 amide bonds. The first-order valence-corrected chi connectivity index (χ1v) is 10.9. The highest BCUT2D eigenvalue weighted by Crippen LogP contribution is 2.40. The van der Waals surface area contributed by atoms with Gasteiger partial charge in [0.05, 0.1) is 36.4 Å².